The van der Waals surface area contributed by atoms with E-state index in [2.05, 4.69) is 0 Å². The fourth-order valence-corrected chi connectivity index (χ4v) is 4.17. The molecule has 4 rings (SSSR count). The van der Waals surface area contributed by atoms with Crippen LogP contribution in [0.5, 0.6) is 11.5 Å². The van der Waals surface area contributed by atoms with Gasteiger partial charge in [0.1, 0.15) is 23.9 Å². The number of rotatable bonds is 8. The SMILES string of the molecule is COCCN1C(=O)C(=O)/C(=C(\O)c2ccc(OCc3cccc(C)c3)cc2)C1c1cccc(O)c1. The molecule has 1 fully saturated rings. The number of benzene rings is 3. The Morgan fingerprint density at radius 1 is 1.00 bits per heavy atom. The molecule has 0 spiro atoms. The Balaban J connectivity index is 1.64. The number of aliphatic hydroxyl groups excluding tert-OH is 1. The number of ketones is 1. The number of carbonyl (C=O) groups is 2. The molecule has 0 aromatic heterocycles. The Hall–Kier alpha value is -4.10. The molecule has 0 saturated carbocycles. The van der Waals surface area contributed by atoms with Crippen LogP contribution in [0.2, 0.25) is 0 Å². The number of phenols is 1. The summed E-state index contributed by atoms with van der Waals surface area (Å²) in [4.78, 5) is 27.1. The van der Waals surface area contributed by atoms with Crippen LogP contribution in [-0.2, 0) is 20.9 Å². The highest BCUT2D eigenvalue weighted by atomic mass is 16.5. The van der Waals surface area contributed by atoms with E-state index in [4.69, 9.17) is 9.47 Å². The molecule has 0 aliphatic carbocycles. The lowest BCUT2D eigenvalue weighted by atomic mass is 9.95. The first-order valence-corrected chi connectivity index (χ1v) is 11.2. The number of Topliss-reactive ketones (excluding diaryl/α,β-unsaturated/α-hetero) is 1. The minimum Gasteiger partial charge on any atom is -0.508 e. The maximum atomic E-state index is 13.0. The van der Waals surface area contributed by atoms with Gasteiger partial charge in [0.15, 0.2) is 0 Å². The van der Waals surface area contributed by atoms with Gasteiger partial charge in [0.25, 0.3) is 11.7 Å². The Bertz CT molecular complexity index is 1260. The summed E-state index contributed by atoms with van der Waals surface area (Å²) in [6.07, 6.45) is 0. The third-order valence-corrected chi connectivity index (χ3v) is 5.88. The lowest BCUT2D eigenvalue weighted by Crippen LogP contribution is -2.32. The second kappa shape index (κ2) is 10.4. The van der Waals surface area contributed by atoms with Gasteiger partial charge in [0, 0.05) is 19.2 Å². The van der Waals surface area contributed by atoms with Crippen molar-refractivity contribution in [3.63, 3.8) is 0 Å². The van der Waals surface area contributed by atoms with E-state index >= 15 is 0 Å². The number of ether oxygens (including phenoxy) is 2. The molecule has 1 heterocycles. The van der Waals surface area contributed by atoms with E-state index in [1.807, 2.05) is 31.2 Å². The minimum absolute atomic E-state index is 0.00468. The first-order valence-electron chi connectivity index (χ1n) is 11.2. The van der Waals surface area contributed by atoms with E-state index in [-0.39, 0.29) is 30.2 Å². The molecule has 0 bridgehead atoms. The molecule has 1 aliphatic rings. The number of methoxy groups -OCH3 is 1. The van der Waals surface area contributed by atoms with Crippen LogP contribution in [-0.4, -0.2) is 47.1 Å². The molecule has 35 heavy (non-hydrogen) atoms. The van der Waals surface area contributed by atoms with Crippen molar-refractivity contribution in [3.05, 3.63) is 101 Å². The number of amides is 1. The van der Waals surface area contributed by atoms with Gasteiger partial charge in [-0.3, -0.25) is 9.59 Å². The monoisotopic (exact) mass is 473 g/mol. The summed E-state index contributed by atoms with van der Waals surface area (Å²) >= 11 is 0. The Morgan fingerprint density at radius 2 is 1.74 bits per heavy atom. The van der Waals surface area contributed by atoms with E-state index < -0.39 is 17.7 Å². The van der Waals surface area contributed by atoms with Crippen LogP contribution in [0.4, 0.5) is 0 Å². The molecule has 1 amide bonds. The molecule has 180 valence electrons. The lowest BCUT2D eigenvalue weighted by molar-refractivity contribution is -0.140. The summed E-state index contributed by atoms with van der Waals surface area (Å²) in [6.45, 7) is 2.79. The van der Waals surface area contributed by atoms with Crippen molar-refractivity contribution in [2.75, 3.05) is 20.3 Å². The molecule has 1 aliphatic heterocycles. The van der Waals surface area contributed by atoms with Gasteiger partial charge in [-0.15, -0.1) is 0 Å². The van der Waals surface area contributed by atoms with Crippen molar-refractivity contribution in [1.29, 1.82) is 0 Å². The molecule has 7 nitrogen and oxygen atoms in total. The van der Waals surface area contributed by atoms with Crippen LogP contribution >= 0.6 is 0 Å². The first kappa shape index (κ1) is 24.0. The van der Waals surface area contributed by atoms with Crippen LogP contribution in [0.3, 0.4) is 0 Å². The molecular weight excluding hydrogens is 446 g/mol. The quantitative estimate of drug-likeness (QED) is 0.287. The molecule has 7 heteroatoms. The van der Waals surface area contributed by atoms with Gasteiger partial charge in [-0.2, -0.15) is 0 Å². The van der Waals surface area contributed by atoms with E-state index in [9.17, 15) is 19.8 Å². The van der Waals surface area contributed by atoms with Gasteiger partial charge in [-0.25, -0.2) is 0 Å². The summed E-state index contributed by atoms with van der Waals surface area (Å²) in [5.41, 5.74) is 3.04. The second-order valence-corrected chi connectivity index (χ2v) is 8.38. The summed E-state index contributed by atoms with van der Waals surface area (Å²) in [5.74, 6) is -1.20. The van der Waals surface area contributed by atoms with Gasteiger partial charge in [0.05, 0.1) is 18.2 Å². The summed E-state index contributed by atoms with van der Waals surface area (Å²) in [5, 5.41) is 21.1. The maximum absolute atomic E-state index is 13.0. The average molecular weight is 474 g/mol. The van der Waals surface area contributed by atoms with E-state index in [0.717, 1.165) is 11.1 Å². The van der Waals surface area contributed by atoms with E-state index in [0.29, 0.717) is 23.5 Å². The second-order valence-electron chi connectivity index (χ2n) is 8.38. The molecule has 3 aromatic rings. The number of phenolic OH excluding ortho intramolecular Hbond substituents is 1. The standard InChI is InChI=1S/C28H27NO6/c1-18-5-3-6-19(15-18)17-35-23-11-9-20(10-12-23)26(31)24-25(21-7-4-8-22(30)16-21)29(13-14-34-2)28(33)27(24)32/h3-12,15-16,25,30-31H,13-14,17H2,1-2H3/b26-24-. The molecule has 2 N–H and O–H groups in total. The van der Waals surface area contributed by atoms with Crippen LogP contribution in [0.1, 0.15) is 28.3 Å². The zero-order valence-corrected chi connectivity index (χ0v) is 19.6. The molecule has 1 saturated heterocycles. The number of aryl methyl sites for hydroxylation is 1. The van der Waals surface area contributed by atoms with Crippen LogP contribution in [0.15, 0.2) is 78.4 Å². The molecule has 0 radical (unpaired) electrons. The highest BCUT2D eigenvalue weighted by molar-refractivity contribution is 6.46. The minimum atomic E-state index is -0.852. The van der Waals surface area contributed by atoms with Crippen molar-refractivity contribution in [3.8, 4) is 11.5 Å². The molecule has 3 aromatic carbocycles. The number of hydrogen-bond donors (Lipinski definition) is 2. The van der Waals surface area contributed by atoms with Gasteiger partial charge in [-0.05, 0) is 54.4 Å². The predicted octanol–water partition coefficient (Wildman–Crippen LogP) is 4.35. The number of carbonyl (C=O) groups excluding carboxylic acids is 2. The summed E-state index contributed by atoms with van der Waals surface area (Å²) in [7, 11) is 1.50. The Morgan fingerprint density at radius 3 is 2.43 bits per heavy atom. The fraction of sp³-hybridized carbons (Fsp3) is 0.214. The molecular formula is C28H27NO6. The van der Waals surface area contributed by atoms with Crippen molar-refractivity contribution in [1.82, 2.24) is 4.90 Å². The zero-order valence-electron chi connectivity index (χ0n) is 19.6. The highest BCUT2D eigenvalue weighted by Crippen LogP contribution is 2.40. The van der Waals surface area contributed by atoms with Crippen LogP contribution < -0.4 is 4.74 Å². The van der Waals surface area contributed by atoms with Crippen molar-refractivity contribution < 1.29 is 29.3 Å². The van der Waals surface area contributed by atoms with Gasteiger partial charge >= 0.3 is 0 Å². The first-order chi connectivity index (χ1) is 16.9. The van der Waals surface area contributed by atoms with E-state index in [1.54, 1.807) is 36.4 Å². The third kappa shape index (κ3) is 5.20. The predicted molar refractivity (Wildman–Crippen MR) is 131 cm³/mol. The number of aliphatic hydroxyl groups is 1. The van der Waals surface area contributed by atoms with Gasteiger partial charge in [0.2, 0.25) is 0 Å². The van der Waals surface area contributed by atoms with E-state index in [1.165, 1.54) is 24.1 Å². The number of aromatic hydroxyl groups is 1. The molecule has 1 atom stereocenters. The van der Waals surface area contributed by atoms with Crippen molar-refractivity contribution in [2.24, 2.45) is 0 Å². The largest absolute Gasteiger partial charge is 0.508 e. The van der Waals surface area contributed by atoms with Crippen LogP contribution in [0.25, 0.3) is 5.76 Å². The Labute approximate surface area is 203 Å². The maximum Gasteiger partial charge on any atom is 0.295 e. The Kier molecular flexibility index (Phi) is 7.17. The van der Waals surface area contributed by atoms with Gasteiger partial charge < -0.3 is 24.6 Å². The fourth-order valence-electron chi connectivity index (χ4n) is 4.17. The normalized spacial score (nSPS) is 17.1. The van der Waals surface area contributed by atoms with Gasteiger partial charge in [-0.1, -0.05) is 42.0 Å². The highest BCUT2D eigenvalue weighted by Gasteiger charge is 2.45. The zero-order chi connectivity index (χ0) is 24.9. The van der Waals surface area contributed by atoms with Crippen molar-refractivity contribution >= 4 is 17.4 Å². The average Bonchev–Trinajstić information content (AvgIpc) is 3.11. The lowest BCUT2D eigenvalue weighted by Gasteiger charge is -2.25. The number of likely N-dealkylation sites (tertiary alicyclic amines) is 1. The summed E-state index contributed by atoms with van der Waals surface area (Å²) in [6, 6.07) is 20.2. The number of nitrogens with zero attached hydrogens (tertiary/aromatic N) is 1. The van der Waals surface area contributed by atoms with Crippen LogP contribution in [0, 0.1) is 6.92 Å². The third-order valence-electron chi connectivity index (χ3n) is 5.88. The number of hydrogen-bond acceptors (Lipinski definition) is 6. The smallest absolute Gasteiger partial charge is 0.295 e. The molecule has 1 unspecified atom stereocenters. The topological polar surface area (TPSA) is 96.3 Å². The van der Waals surface area contributed by atoms with Crippen molar-refractivity contribution in [2.45, 2.75) is 19.6 Å². The summed E-state index contributed by atoms with van der Waals surface area (Å²) < 4.78 is 10.9.